The topological polar surface area (TPSA) is 122 Å². The standard InChI is InChI=1S/C23H25N5O4/c24-20-21(23(30)19-8-2-1-7-18(19)22(20)29)25-9-4-10-26-11-13-27(14-12-26)16-5-3-6-17(15-16)28(31)32/h1-3,5-8,15,25H,4,9-14,24H2. The Balaban J connectivity index is 1.26. The second-order valence-electron chi connectivity index (χ2n) is 7.88. The van der Waals surface area contributed by atoms with Gasteiger partial charge in [0.25, 0.3) is 5.69 Å². The molecule has 0 radical (unpaired) electrons. The highest BCUT2D eigenvalue weighted by molar-refractivity contribution is 6.26. The summed E-state index contributed by atoms with van der Waals surface area (Å²) < 4.78 is 0. The zero-order valence-corrected chi connectivity index (χ0v) is 17.6. The van der Waals surface area contributed by atoms with Crippen LogP contribution in [0.4, 0.5) is 11.4 Å². The first-order chi connectivity index (χ1) is 15.5. The second kappa shape index (κ2) is 9.19. The minimum atomic E-state index is -0.377. The molecule has 1 aliphatic carbocycles. The number of carbonyl (C=O) groups excluding carboxylic acids is 2. The Morgan fingerprint density at radius 3 is 2.34 bits per heavy atom. The van der Waals surface area contributed by atoms with Crippen LogP contribution >= 0.6 is 0 Å². The molecule has 0 spiro atoms. The fraction of sp³-hybridized carbons (Fsp3) is 0.304. The molecular weight excluding hydrogens is 410 g/mol. The number of nitrogens with two attached hydrogens (primary N) is 1. The van der Waals surface area contributed by atoms with Crippen molar-refractivity contribution in [1.29, 1.82) is 0 Å². The zero-order valence-electron chi connectivity index (χ0n) is 17.6. The quantitative estimate of drug-likeness (QED) is 0.384. The van der Waals surface area contributed by atoms with Crippen LogP contribution in [0.2, 0.25) is 0 Å². The Kier molecular flexibility index (Phi) is 6.18. The molecule has 2 aliphatic rings. The molecule has 0 aromatic heterocycles. The molecule has 0 saturated carbocycles. The van der Waals surface area contributed by atoms with E-state index in [1.54, 1.807) is 36.4 Å². The maximum absolute atomic E-state index is 12.7. The van der Waals surface area contributed by atoms with Gasteiger partial charge in [0.2, 0.25) is 11.6 Å². The van der Waals surface area contributed by atoms with Gasteiger partial charge >= 0.3 is 0 Å². The first-order valence-electron chi connectivity index (χ1n) is 10.6. The van der Waals surface area contributed by atoms with E-state index >= 15 is 0 Å². The lowest BCUT2D eigenvalue weighted by atomic mass is 9.90. The molecule has 1 heterocycles. The highest BCUT2D eigenvalue weighted by atomic mass is 16.6. The molecule has 1 saturated heterocycles. The van der Waals surface area contributed by atoms with Crippen LogP contribution in [-0.2, 0) is 0 Å². The molecule has 0 amide bonds. The number of nitro benzene ring substituents is 1. The summed E-state index contributed by atoms with van der Waals surface area (Å²) >= 11 is 0. The monoisotopic (exact) mass is 435 g/mol. The number of anilines is 1. The van der Waals surface area contributed by atoms with E-state index in [9.17, 15) is 19.7 Å². The third kappa shape index (κ3) is 4.33. The fourth-order valence-electron chi connectivity index (χ4n) is 4.12. The highest BCUT2D eigenvalue weighted by Crippen LogP contribution is 2.23. The third-order valence-electron chi connectivity index (χ3n) is 5.89. The van der Waals surface area contributed by atoms with Crippen molar-refractivity contribution in [2.24, 2.45) is 5.73 Å². The van der Waals surface area contributed by atoms with E-state index in [-0.39, 0.29) is 33.6 Å². The van der Waals surface area contributed by atoms with Crippen LogP contribution < -0.4 is 16.0 Å². The summed E-state index contributed by atoms with van der Waals surface area (Å²) in [4.78, 5) is 40.2. The van der Waals surface area contributed by atoms with Crippen LogP contribution in [-0.4, -0.2) is 60.7 Å². The number of nitro groups is 1. The lowest BCUT2D eigenvalue weighted by Crippen LogP contribution is -2.47. The summed E-state index contributed by atoms with van der Waals surface area (Å²) in [5.41, 5.74) is 7.79. The number of hydrogen-bond acceptors (Lipinski definition) is 8. The van der Waals surface area contributed by atoms with Gasteiger partial charge in [0.15, 0.2) is 0 Å². The molecule has 1 aliphatic heterocycles. The number of hydrogen-bond donors (Lipinski definition) is 2. The van der Waals surface area contributed by atoms with Gasteiger partial charge in [0, 0.05) is 61.7 Å². The predicted octanol–water partition coefficient (Wildman–Crippen LogP) is 1.95. The first kappa shape index (κ1) is 21.5. The Bertz CT molecular complexity index is 1090. The maximum Gasteiger partial charge on any atom is 0.271 e. The molecule has 166 valence electrons. The van der Waals surface area contributed by atoms with E-state index < -0.39 is 0 Å². The minimum absolute atomic E-state index is 0.0285. The molecular formula is C23H25N5O4. The largest absolute Gasteiger partial charge is 0.394 e. The Morgan fingerprint density at radius 2 is 1.66 bits per heavy atom. The lowest BCUT2D eigenvalue weighted by molar-refractivity contribution is -0.384. The van der Waals surface area contributed by atoms with Crippen LogP contribution in [0.25, 0.3) is 0 Å². The molecule has 0 bridgehead atoms. The van der Waals surface area contributed by atoms with Crippen molar-refractivity contribution in [1.82, 2.24) is 10.2 Å². The molecule has 9 nitrogen and oxygen atoms in total. The number of piperazine rings is 1. The normalized spacial score (nSPS) is 16.8. The predicted molar refractivity (Wildman–Crippen MR) is 121 cm³/mol. The number of nitrogens with zero attached hydrogens (tertiary/aromatic N) is 3. The summed E-state index contributed by atoms with van der Waals surface area (Å²) in [5.74, 6) is -0.566. The van der Waals surface area contributed by atoms with Gasteiger partial charge in [0.1, 0.15) is 11.4 Å². The van der Waals surface area contributed by atoms with E-state index in [1.807, 2.05) is 6.07 Å². The van der Waals surface area contributed by atoms with E-state index in [2.05, 4.69) is 15.1 Å². The van der Waals surface area contributed by atoms with Gasteiger partial charge in [-0.25, -0.2) is 0 Å². The van der Waals surface area contributed by atoms with Gasteiger partial charge in [-0.3, -0.25) is 24.6 Å². The van der Waals surface area contributed by atoms with Gasteiger partial charge in [-0.15, -0.1) is 0 Å². The molecule has 3 N–H and O–H groups in total. The number of ketones is 2. The van der Waals surface area contributed by atoms with E-state index in [1.165, 1.54) is 6.07 Å². The molecule has 0 unspecified atom stereocenters. The van der Waals surface area contributed by atoms with Crippen molar-refractivity contribution in [3.63, 3.8) is 0 Å². The number of Topliss-reactive ketones (excluding diaryl/α,β-unsaturated/α-hetero) is 2. The number of non-ortho nitro benzene ring substituents is 1. The number of carbonyl (C=O) groups is 2. The second-order valence-corrected chi connectivity index (χ2v) is 7.88. The first-order valence-corrected chi connectivity index (χ1v) is 10.6. The van der Waals surface area contributed by atoms with E-state index in [0.717, 1.165) is 44.8 Å². The smallest absolute Gasteiger partial charge is 0.271 e. The maximum atomic E-state index is 12.7. The molecule has 2 aromatic rings. The third-order valence-corrected chi connectivity index (χ3v) is 5.89. The molecule has 32 heavy (non-hydrogen) atoms. The molecule has 0 atom stereocenters. The van der Waals surface area contributed by atoms with Gasteiger partial charge < -0.3 is 16.0 Å². The van der Waals surface area contributed by atoms with Crippen LogP contribution in [0.15, 0.2) is 59.9 Å². The van der Waals surface area contributed by atoms with E-state index in [0.29, 0.717) is 17.7 Å². The summed E-state index contributed by atoms with van der Waals surface area (Å²) in [5, 5.41) is 14.1. The average Bonchev–Trinajstić information content (AvgIpc) is 2.82. The molecule has 1 fully saturated rings. The molecule has 2 aromatic carbocycles. The van der Waals surface area contributed by atoms with Crippen molar-refractivity contribution in [3.05, 3.63) is 81.2 Å². The SMILES string of the molecule is NC1=C(NCCCN2CCN(c3cccc([N+](=O)[O-])c3)CC2)C(=O)c2ccccc2C1=O. The lowest BCUT2D eigenvalue weighted by Gasteiger charge is -2.36. The van der Waals surface area contributed by atoms with Crippen LogP contribution in [0, 0.1) is 10.1 Å². The van der Waals surface area contributed by atoms with Gasteiger partial charge in [0.05, 0.1) is 4.92 Å². The average molecular weight is 435 g/mol. The summed E-state index contributed by atoms with van der Waals surface area (Å²) in [7, 11) is 0. The summed E-state index contributed by atoms with van der Waals surface area (Å²) in [6, 6.07) is 13.4. The number of rotatable bonds is 7. The van der Waals surface area contributed by atoms with Gasteiger partial charge in [-0.1, -0.05) is 30.3 Å². The summed E-state index contributed by atoms with van der Waals surface area (Å²) in [6.45, 7) is 4.63. The number of benzene rings is 2. The van der Waals surface area contributed by atoms with Crippen molar-refractivity contribution >= 4 is 22.9 Å². The number of nitrogens with one attached hydrogen (secondary N) is 1. The fourth-order valence-corrected chi connectivity index (χ4v) is 4.12. The van der Waals surface area contributed by atoms with Crippen molar-refractivity contribution in [2.45, 2.75) is 6.42 Å². The van der Waals surface area contributed by atoms with Crippen LogP contribution in [0.3, 0.4) is 0 Å². The van der Waals surface area contributed by atoms with Crippen molar-refractivity contribution in [2.75, 3.05) is 44.2 Å². The summed E-state index contributed by atoms with van der Waals surface area (Å²) in [6.07, 6.45) is 0.788. The van der Waals surface area contributed by atoms with Crippen molar-refractivity contribution < 1.29 is 14.5 Å². The van der Waals surface area contributed by atoms with Crippen molar-refractivity contribution in [3.8, 4) is 0 Å². The Labute approximate surface area is 185 Å². The van der Waals surface area contributed by atoms with Gasteiger partial charge in [-0.2, -0.15) is 0 Å². The number of fused-ring (bicyclic) bond motifs is 1. The minimum Gasteiger partial charge on any atom is -0.394 e. The number of allylic oxidation sites excluding steroid dienone is 2. The Morgan fingerprint density at radius 1 is 0.969 bits per heavy atom. The molecule has 9 heteroatoms. The Hall–Kier alpha value is -3.72. The van der Waals surface area contributed by atoms with E-state index in [4.69, 9.17) is 5.73 Å². The van der Waals surface area contributed by atoms with Crippen LogP contribution in [0.5, 0.6) is 0 Å². The highest BCUT2D eigenvalue weighted by Gasteiger charge is 2.30. The van der Waals surface area contributed by atoms with Gasteiger partial charge in [-0.05, 0) is 19.0 Å². The zero-order chi connectivity index (χ0) is 22.7. The molecule has 4 rings (SSSR count). The van der Waals surface area contributed by atoms with Crippen LogP contribution in [0.1, 0.15) is 27.1 Å².